The molecule has 2 nitrogen and oxygen atoms in total. The Hall–Kier alpha value is -2.06. The Morgan fingerprint density at radius 2 is 1.53 bits per heavy atom. The zero-order valence-electron chi connectivity index (χ0n) is 18.2. The van der Waals surface area contributed by atoms with Crippen LogP contribution in [0.1, 0.15) is 56.6 Å². The molecule has 0 radical (unpaired) electrons. The normalized spacial score (nSPS) is 30.8. The average molecular weight is 399 g/mol. The van der Waals surface area contributed by atoms with E-state index in [0.717, 1.165) is 30.8 Å². The minimum absolute atomic E-state index is 0.567. The molecule has 4 fully saturated rings. The topological polar surface area (TPSA) is 17.0 Å². The van der Waals surface area contributed by atoms with Crippen LogP contribution in [-0.2, 0) is 13.1 Å². The van der Waals surface area contributed by atoms with Crippen LogP contribution in [0.5, 0.6) is 0 Å². The number of nitrogens with zero attached hydrogens (tertiary/aromatic N) is 1. The Labute approximate surface area is 180 Å². The van der Waals surface area contributed by atoms with Crippen molar-refractivity contribution >= 4 is 10.9 Å². The van der Waals surface area contributed by atoms with Gasteiger partial charge in [-0.3, -0.25) is 0 Å². The van der Waals surface area contributed by atoms with Gasteiger partial charge >= 0.3 is 0 Å². The van der Waals surface area contributed by atoms with Gasteiger partial charge < -0.3 is 9.88 Å². The summed E-state index contributed by atoms with van der Waals surface area (Å²) < 4.78 is 2.43. The van der Waals surface area contributed by atoms with Crippen molar-refractivity contribution in [2.24, 2.45) is 23.2 Å². The molecule has 30 heavy (non-hydrogen) atoms. The Morgan fingerprint density at radius 3 is 2.23 bits per heavy atom. The van der Waals surface area contributed by atoms with Crippen LogP contribution in [0.2, 0.25) is 0 Å². The monoisotopic (exact) mass is 398 g/mol. The fourth-order valence-corrected chi connectivity index (χ4v) is 7.56. The van der Waals surface area contributed by atoms with Crippen LogP contribution >= 0.6 is 0 Å². The third kappa shape index (κ3) is 3.21. The maximum absolute atomic E-state index is 4.01. The maximum Gasteiger partial charge on any atom is 0.0486 e. The molecule has 1 N–H and O–H groups in total. The van der Waals surface area contributed by atoms with Crippen molar-refractivity contribution in [2.45, 2.75) is 64.6 Å². The summed E-state index contributed by atoms with van der Waals surface area (Å²) in [5.41, 5.74) is 4.72. The molecule has 3 aromatic rings. The van der Waals surface area contributed by atoms with Crippen LogP contribution in [0.25, 0.3) is 10.9 Å². The second kappa shape index (κ2) is 7.27. The van der Waals surface area contributed by atoms with Gasteiger partial charge in [0.05, 0.1) is 0 Å². The van der Waals surface area contributed by atoms with Gasteiger partial charge in [0.15, 0.2) is 0 Å². The van der Waals surface area contributed by atoms with Crippen LogP contribution in [0.15, 0.2) is 60.8 Å². The molecular formula is C28H34N2. The minimum Gasteiger partial charge on any atom is -0.343 e. The molecule has 7 rings (SSSR count). The first-order chi connectivity index (χ1) is 14.7. The molecule has 0 unspecified atom stereocenters. The molecule has 4 bridgehead atoms. The summed E-state index contributed by atoms with van der Waals surface area (Å²) in [5, 5.41) is 5.41. The predicted molar refractivity (Wildman–Crippen MR) is 124 cm³/mol. The largest absolute Gasteiger partial charge is 0.343 e. The molecule has 0 aliphatic heterocycles. The molecule has 1 heterocycles. The number of hydrogen-bond donors (Lipinski definition) is 1. The highest BCUT2D eigenvalue weighted by Gasteiger charge is 2.52. The van der Waals surface area contributed by atoms with E-state index >= 15 is 0 Å². The summed E-state index contributed by atoms with van der Waals surface area (Å²) in [4.78, 5) is 0. The van der Waals surface area contributed by atoms with Crippen molar-refractivity contribution in [3.05, 3.63) is 71.9 Å². The lowest BCUT2D eigenvalue weighted by Gasteiger charge is -2.59. The van der Waals surface area contributed by atoms with Crippen LogP contribution in [0, 0.1) is 23.2 Å². The fraction of sp³-hybridized carbons (Fsp3) is 0.500. The number of nitrogens with one attached hydrogen (secondary N) is 1. The van der Waals surface area contributed by atoms with Gasteiger partial charge in [0.2, 0.25) is 0 Å². The first-order valence-electron chi connectivity index (χ1n) is 12.0. The molecule has 4 saturated carbocycles. The molecule has 0 amide bonds. The van der Waals surface area contributed by atoms with E-state index in [4.69, 9.17) is 0 Å². The standard InChI is InChI=1S/C28H34N2/c1-20(28-14-22-11-23(15-28)13-24(12-22)16-28)29-17-25-19-30(18-21-7-3-2-4-8-21)27-10-6-5-9-26(25)27/h2-10,19-20,22-24,29H,11-18H2,1H3/t20-,22?,23?,24?,28?/m1/s1. The molecule has 4 aliphatic carbocycles. The van der Waals surface area contributed by atoms with Gasteiger partial charge in [-0.25, -0.2) is 0 Å². The van der Waals surface area contributed by atoms with Gasteiger partial charge in [0, 0.05) is 36.2 Å². The molecule has 2 aromatic carbocycles. The lowest BCUT2D eigenvalue weighted by molar-refractivity contribution is -0.0706. The highest BCUT2D eigenvalue weighted by Crippen LogP contribution is 2.61. The van der Waals surface area contributed by atoms with Gasteiger partial charge in [-0.1, -0.05) is 48.5 Å². The van der Waals surface area contributed by atoms with E-state index in [0.29, 0.717) is 11.5 Å². The lowest BCUT2D eigenvalue weighted by atomic mass is 9.48. The van der Waals surface area contributed by atoms with Crippen molar-refractivity contribution < 1.29 is 0 Å². The first kappa shape index (κ1) is 18.7. The molecule has 156 valence electrons. The molecule has 2 heteroatoms. The van der Waals surface area contributed by atoms with Crippen LogP contribution in [0.3, 0.4) is 0 Å². The van der Waals surface area contributed by atoms with Gasteiger partial charge in [0.25, 0.3) is 0 Å². The Bertz CT molecular complexity index is 996. The van der Waals surface area contributed by atoms with Crippen LogP contribution in [0.4, 0.5) is 0 Å². The van der Waals surface area contributed by atoms with E-state index in [9.17, 15) is 0 Å². The summed E-state index contributed by atoms with van der Waals surface area (Å²) in [6.07, 6.45) is 11.4. The Morgan fingerprint density at radius 1 is 0.900 bits per heavy atom. The Kier molecular flexibility index (Phi) is 4.53. The average Bonchev–Trinajstić information content (AvgIpc) is 3.09. The molecule has 1 atom stereocenters. The van der Waals surface area contributed by atoms with Crippen molar-refractivity contribution in [3.8, 4) is 0 Å². The molecule has 0 spiro atoms. The molecule has 4 aliphatic rings. The zero-order valence-corrected chi connectivity index (χ0v) is 18.2. The van der Waals surface area contributed by atoms with Crippen molar-refractivity contribution in [3.63, 3.8) is 0 Å². The number of aromatic nitrogens is 1. The number of rotatable bonds is 6. The number of hydrogen-bond acceptors (Lipinski definition) is 1. The Balaban J connectivity index is 1.22. The third-order valence-electron chi connectivity index (χ3n) is 8.67. The summed E-state index contributed by atoms with van der Waals surface area (Å²) >= 11 is 0. The number of benzene rings is 2. The van der Waals surface area contributed by atoms with Gasteiger partial charge in [0.1, 0.15) is 0 Å². The molecule has 0 saturated heterocycles. The highest BCUT2D eigenvalue weighted by atomic mass is 15.0. The third-order valence-corrected chi connectivity index (χ3v) is 8.67. The first-order valence-corrected chi connectivity index (χ1v) is 12.0. The summed E-state index contributed by atoms with van der Waals surface area (Å²) in [6.45, 7) is 4.40. The fourth-order valence-electron chi connectivity index (χ4n) is 7.56. The maximum atomic E-state index is 4.01. The SMILES string of the molecule is C[C@@H](NCc1cn(Cc2ccccc2)c2ccccc12)C12CC3CC(CC(C3)C1)C2. The molecule has 1 aromatic heterocycles. The zero-order chi connectivity index (χ0) is 20.1. The second-order valence-corrected chi connectivity index (χ2v) is 10.7. The lowest BCUT2D eigenvalue weighted by Crippen LogP contribution is -2.54. The van der Waals surface area contributed by atoms with E-state index in [2.05, 4.69) is 77.6 Å². The number of fused-ring (bicyclic) bond motifs is 1. The summed E-state index contributed by atoms with van der Waals surface area (Å²) in [5.74, 6) is 3.06. The van der Waals surface area contributed by atoms with E-state index in [-0.39, 0.29) is 0 Å². The van der Waals surface area contributed by atoms with Crippen LogP contribution < -0.4 is 5.32 Å². The smallest absolute Gasteiger partial charge is 0.0486 e. The van der Waals surface area contributed by atoms with E-state index < -0.39 is 0 Å². The predicted octanol–water partition coefficient (Wildman–Crippen LogP) is 6.38. The van der Waals surface area contributed by atoms with Crippen LogP contribution in [-0.4, -0.2) is 10.6 Å². The molecular weight excluding hydrogens is 364 g/mol. The van der Waals surface area contributed by atoms with Gasteiger partial charge in [-0.05, 0) is 85.8 Å². The quantitative estimate of drug-likeness (QED) is 0.509. The van der Waals surface area contributed by atoms with Crippen molar-refractivity contribution in [1.82, 2.24) is 9.88 Å². The number of para-hydroxylation sites is 1. The van der Waals surface area contributed by atoms with E-state index in [1.165, 1.54) is 60.6 Å². The highest BCUT2D eigenvalue weighted by molar-refractivity contribution is 5.84. The van der Waals surface area contributed by atoms with Gasteiger partial charge in [-0.15, -0.1) is 0 Å². The van der Waals surface area contributed by atoms with Crippen molar-refractivity contribution in [2.75, 3.05) is 0 Å². The summed E-state index contributed by atoms with van der Waals surface area (Å²) in [6, 6.07) is 20.3. The minimum atomic E-state index is 0.567. The second-order valence-electron chi connectivity index (χ2n) is 10.7. The van der Waals surface area contributed by atoms with Crippen molar-refractivity contribution in [1.29, 1.82) is 0 Å². The van der Waals surface area contributed by atoms with E-state index in [1.807, 2.05) is 0 Å². The van der Waals surface area contributed by atoms with Gasteiger partial charge in [-0.2, -0.15) is 0 Å². The summed E-state index contributed by atoms with van der Waals surface area (Å²) in [7, 11) is 0. The van der Waals surface area contributed by atoms with E-state index in [1.54, 1.807) is 0 Å².